The molecular formula is C23H25N5O2. The summed E-state index contributed by atoms with van der Waals surface area (Å²) in [5.41, 5.74) is 2.77. The molecule has 3 aromatic rings. The van der Waals surface area contributed by atoms with Crippen LogP contribution in [0.2, 0.25) is 0 Å². The van der Waals surface area contributed by atoms with Gasteiger partial charge in [0, 0.05) is 37.3 Å². The second kappa shape index (κ2) is 8.90. The molecule has 2 heterocycles. The van der Waals surface area contributed by atoms with Crippen LogP contribution < -0.4 is 5.32 Å². The Labute approximate surface area is 175 Å². The Morgan fingerprint density at radius 2 is 2.00 bits per heavy atom. The molecule has 1 aliphatic rings. The molecule has 30 heavy (non-hydrogen) atoms. The highest BCUT2D eigenvalue weighted by molar-refractivity contribution is 5.97. The van der Waals surface area contributed by atoms with Crippen molar-refractivity contribution in [1.82, 2.24) is 19.7 Å². The average Bonchev–Trinajstić information content (AvgIpc) is 3.39. The Kier molecular flexibility index (Phi) is 5.88. The van der Waals surface area contributed by atoms with E-state index in [0.29, 0.717) is 18.8 Å². The van der Waals surface area contributed by atoms with Crippen LogP contribution in [0.3, 0.4) is 0 Å². The molecule has 1 N–H and O–H groups in total. The Morgan fingerprint density at radius 1 is 1.17 bits per heavy atom. The number of carbonyl (C=O) groups excluding carboxylic acids is 2. The van der Waals surface area contributed by atoms with Crippen LogP contribution in [0.4, 0.5) is 5.69 Å². The van der Waals surface area contributed by atoms with Crippen molar-refractivity contribution < 1.29 is 9.59 Å². The molecule has 1 aromatic heterocycles. The number of hydrogen-bond acceptors (Lipinski definition) is 4. The van der Waals surface area contributed by atoms with Gasteiger partial charge >= 0.3 is 0 Å². The van der Waals surface area contributed by atoms with Crippen molar-refractivity contribution in [2.75, 3.05) is 18.4 Å². The standard InChI is InChI=1S/C23H25N5O2/c1-2-27-16-24-26-22(27)18-9-6-10-20(13-18)25-23(30)19-14-21(29)28(15-19)12-11-17-7-4-3-5-8-17/h3-10,13,16,19H,2,11-12,14-15H2,1H3,(H,25,30). The van der Waals surface area contributed by atoms with Gasteiger partial charge in [0.05, 0.1) is 5.92 Å². The molecule has 0 saturated carbocycles. The lowest BCUT2D eigenvalue weighted by Gasteiger charge is -2.16. The number of aromatic nitrogens is 3. The summed E-state index contributed by atoms with van der Waals surface area (Å²) in [6.07, 6.45) is 2.74. The van der Waals surface area contributed by atoms with Crippen molar-refractivity contribution in [3.63, 3.8) is 0 Å². The van der Waals surface area contributed by atoms with Gasteiger partial charge in [-0.05, 0) is 31.0 Å². The second-order valence-corrected chi connectivity index (χ2v) is 7.49. The summed E-state index contributed by atoms with van der Waals surface area (Å²) < 4.78 is 1.95. The van der Waals surface area contributed by atoms with Crippen LogP contribution in [0.5, 0.6) is 0 Å². The highest BCUT2D eigenvalue weighted by Crippen LogP contribution is 2.23. The van der Waals surface area contributed by atoms with Crippen molar-refractivity contribution >= 4 is 17.5 Å². The third-order valence-corrected chi connectivity index (χ3v) is 5.44. The fourth-order valence-electron chi connectivity index (χ4n) is 3.76. The number of carbonyl (C=O) groups is 2. The maximum atomic E-state index is 12.8. The number of benzene rings is 2. The molecule has 2 amide bonds. The highest BCUT2D eigenvalue weighted by Gasteiger charge is 2.34. The summed E-state index contributed by atoms with van der Waals surface area (Å²) >= 11 is 0. The molecule has 7 heteroatoms. The molecule has 2 aromatic carbocycles. The predicted octanol–water partition coefficient (Wildman–Crippen LogP) is 2.99. The van der Waals surface area contributed by atoms with E-state index < -0.39 is 0 Å². The fraction of sp³-hybridized carbons (Fsp3) is 0.304. The van der Waals surface area contributed by atoms with Gasteiger partial charge in [-0.25, -0.2) is 0 Å². The largest absolute Gasteiger partial charge is 0.342 e. The number of rotatable bonds is 7. The van der Waals surface area contributed by atoms with E-state index in [1.807, 2.05) is 54.0 Å². The lowest BCUT2D eigenvalue weighted by molar-refractivity contribution is -0.128. The van der Waals surface area contributed by atoms with Crippen molar-refractivity contribution in [3.8, 4) is 11.4 Å². The minimum Gasteiger partial charge on any atom is -0.342 e. The third-order valence-electron chi connectivity index (χ3n) is 5.44. The predicted molar refractivity (Wildman–Crippen MR) is 115 cm³/mol. The topological polar surface area (TPSA) is 80.1 Å². The average molecular weight is 403 g/mol. The molecule has 154 valence electrons. The molecule has 1 atom stereocenters. The van der Waals surface area contributed by atoms with Crippen molar-refractivity contribution in [2.24, 2.45) is 5.92 Å². The van der Waals surface area contributed by atoms with E-state index in [9.17, 15) is 9.59 Å². The zero-order valence-corrected chi connectivity index (χ0v) is 17.0. The molecule has 0 aliphatic carbocycles. The highest BCUT2D eigenvalue weighted by atomic mass is 16.2. The summed E-state index contributed by atoms with van der Waals surface area (Å²) in [4.78, 5) is 26.9. The molecule has 0 radical (unpaired) electrons. The van der Waals surface area contributed by atoms with Gasteiger partial charge in [-0.15, -0.1) is 10.2 Å². The number of hydrogen-bond donors (Lipinski definition) is 1. The van der Waals surface area contributed by atoms with E-state index in [0.717, 1.165) is 24.4 Å². The molecule has 7 nitrogen and oxygen atoms in total. The van der Waals surface area contributed by atoms with Gasteiger partial charge in [-0.2, -0.15) is 0 Å². The molecule has 0 spiro atoms. The second-order valence-electron chi connectivity index (χ2n) is 7.49. The number of aryl methyl sites for hydroxylation is 1. The number of anilines is 1. The van der Waals surface area contributed by atoms with Gasteiger partial charge in [0.1, 0.15) is 6.33 Å². The molecule has 1 fully saturated rings. The molecule has 1 aliphatic heterocycles. The first-order valence-corrected chi connectivity index (χ1v) is 10.2. The number of nitrogens with one attached hydrogen (secondary N) is 1. The van der Waals surface area contributed by atoms with E-state index in [2.05, 4.69) is 27.6 Å². The van der Waals surface area contributed by atoms with Crippen LogP contribution in [-0.4, -0.2) is 44.6 Å². The summed E-state index contributed by atoms with van der Waals surface area (Å²) in [5, 5.41) is 11.1. The van der Waals surface area contributed by atoms with E-state index in [1.54, 1.807) is 11.2 Å². The van der Waals surface area contributed by atoms with Gasteiger partial charge in [-0.3, -0.25) is 9.59 Å². The maximum Gasteiger partial charge on any atom is 0.229 e. The quantitative estimate of drug-likeness (QED) is 0.658. The van der Waals surface area contributed by atoms with Crippen LogP contribution in [0.1, 0.15) is 18.9 Å². The molecule has 0 bridgehead atoms. The van der Waals surface area contributed by atoms with Crippen LogP contribution in [0.15, 0.2) is 60.9 Å². The maximum absolute atomic E-state index is 12.8. The molecular weight excluding hydrogens is 378 g/mol. The zero-order valence-electron chi connectivity index (χ0n) is 17.0. The first kappa shape index (κ1) is 19.8. The van der Waals surface area contributed by atoms with Gasteiger partial charge in [0.25, 0.3) is 0 Å². The van der Waals surface area contributed by atoms with Crippen molar-refractivity contribution in [1.29, 1.82) is 0 Å². The number of amides is 2. The van der Waals surface area contributed by atoms with E-state index >= 15 is 0 Å². The van der Waals surface area contributed by atoms with Crippen LogP contribution >= 0.6 is 0 Å². The Balaban J connectivity index is 1.37. The molecule has 1 saturated heterocycles. The number of likely N-dealkylation sites (tertiary alicyclic amines) is 1. The first-order valence-electron chi connectivity index (χ1n) is 10.2. The fourth-order valence-corrected chi connectivity index (χ4v) is 3.76. The van der Waals surface area contributed by atoms with Gasteiger partial charge in [0.2, 0.25) is 11.8 Å². The van der Waals surface area contributed by atoms with E-state index in [4.69, 9.17) is 0 Å². The SMILES string of the molecule is CCn1cnnc1-c1cccc(NC(=O)C2CC(=O)N(CCc3ccccc3)C2)c1. The van der Waals surface area contributed by atoms with Gasteiger partial charge in [-0.1, -0.05) is 42.5 Å². The first-order chi connectivity index (χ1) is 14.6. The molecule has 1 unspecified atom stereocenters. The summed E-state index contributed by atoms with van der Waals surface area (Å²) in [6.45, 7) is 3.89. The third kappa shape index (κ3) is 4.40. The summed E-state index contributed by atoms with van der Waals surface area (Å²) in [6, 6.07) is 17.6. The monoisotopic (exact) mass is 403 g/mol. The Bertz CT molecular complexity index is 1030. The molecule has 4 rings (SSSR count). The lowest BCUT2D eigenvalue weighted by atomic mass is 10.1. The smallest absolute Gasteiger partial charge is 0.229 e. The van der Waals surface area contributed by atoms with Gasteiger partial charge < -0.3 is 14.8 Å². The normalized spacial score (nSPS) is 16.1. The zero-order chi connectivity index (χ0) is 20.9. The Hall–Kier alpha value is -3.48. The number of nitrogens with zero attached hydrogens (tertiary/aromatic N) is 4. The minimum absolute atomic E-state index is 0.0379. The van der Waals surface area contributed by atoms with Crippen molar-refractivity contribution in [3.05, 3.63) is 66.5 Å². The Morgan fingerprint density at radius 3 is 2.80 bits per heavy atom. The van der Waals surface area contributed by atoms with Crippen molar-refractivity contribution in [2.45, 2.75) is 26.3 Å². The van der Waals surface area contributed by atoms with E-state index in [-0.39, 0.29) is 24.2 Å². The summed E-state index contributed by atoms with van der Waals surface area (Å²) in [7, 11) is 0. The summed E-state index contributed by atoms with van der Waals surface area (Å²) in [5.74, 6) is 0.337. The van der Waals surface area contributed by atoms with E-state index in [1.165, 1.54) is 5.56 Å². The van der Waals surface area contributed by atoms with Gasteiger partial charge in [0.15, 0.2) is 5.82 Å². The van der Waals surface area contributed by atoms with Crippen LogP contribution in [0.25, 0.3) is 11.4 Å². The van der Waals surface area contributed by atoms with Crippen LogP contribution in [0, 0.1) is 5.92 Å². The minimum atomic E-state index is -0.337. The lowest BCUT2D eigenvalue weighted by Crippen LogP contribution is -2.30. The van der Waals surface area contributed by atoms with Crippen LogP contribution in [-0.2, 0) is 22.6 Å².